The van der Waals surface area contributed by atoms with Gasteiger partial charge in [0, 0.05) is 5.02 Å². The Hall–Kier alpha value is -0.600. The molecule has 0 aliphatic heterocycles. The molecule has 1 fully saturated rings. The van der Waals surface area contributed by atoms with Gasteiger partial charge >= 0.3 is 0 Å². The standard InChI is InChI=1S/C15H21ClFN/c1-18-10-13(11-4-2-3-5-11)8-12-6-7-14(17)9-15(12)16/h6-7,9,11,13,18H,2-5,8,10H2,1H3. The molecule has 0 bridgehead atoms. The van der Waals surface area contributed by atoms with Crippen molar-refractivity contribution in [3.05, 3.63) is 34.6 Å². The second-order valence-corrected chi connectivity index (χ2v) is 5.71. The number of halogens is 2. The third-order valence-electron chi connectivity index (χ3n) is 4.03. The molecular weight excluding hydrogens is 249 g/mol. The third-order valence-corrected chi connectivity index (χ3v) is 4.38. The molecule has 1 atom stereocenters. The van der Waals surface area contributed by atoms with Crippen LogP contribution < -0.4 is 5.32 Å². The van der Waals surface area contributed by atoms with Crippen molar-refractivity contribution >= 4 is 11.6 Å². The molecule has 0 spiro atoms. The van der Waals surface area contributed by atoms with E-state index in [1.54, 1.807) is 0 Å². The van der Waals surface area contributed by atoms with Crippen LogP contribution in [0.25, 0.3) is 0 Å². The molecule has 1 aliphatic carbocycles. The van der Waals surface area contributed by atoms with Crippen molar-refractivity contribution in [1.82, 2.24) is 5.32 Å². The molecule has 1 aromatic rings. The minimum atomic E-state index is -0.255. The average molecular weight is 270 g/mol. The summed E-state index contributed by atoms with van der Waals surface area (Å²) < 4.78 is 13.0. The zero-order valence-electron chi connectivity index (χ0n) is 10.9. The fourth-order valence-electron chi connectivity index (χ4n) is 3.07. The molecule has 100 valence electrons. The van der Waals surface area contributed by atoms with Crippen LogP contribution in [0.1, 0.15) is 31.2 Å². The van der Waals surface area contributed by atoms with Gasteiger partial charge in [0.1, 0.15) is 5.82 Å². The highest BCUT2D eigenvalue weighted by molar-refractivity contribution is 6.31. The molecule has 1 aromatic carbocycles. The van der Waals surface area contributed by atoms with E-state index in [0.717, 1.165) is 24.4 Å². The summed E-state index contributed by atoms with van der Waals surface area (Å²) in [4.78, 5) is 0. The average Bonchev–Trinajstić information content (AvgIpc) is 2.85. The van der Waals surface area contributed by atoms with Crippen molar-refractivity contribution in [1.29, 1.82) is 0 Å². The van der Waals surface area contributed by atoms with E-state index in [2.05, 4.69) is 5.32 Å². The molecule has 1 N–H and O–H groups in total. The number of rotatable bonds is 5. The van der Waals surface area contributed by atoms with Gasteiger partial charge in [-0.15, -0.1) is 0 Å². The van der Waals surface area contributed by atoms with Crippen LogP contribution in [0.3, 0.4) is 0 Å². The summed E-state index contributed by atoms with van der Waals surface area (Å²) in [6.07, 6.45) is 6.30. The molecule has 1 aliphatic rings. The first-order valence-corrected chi connectivity index (χ1v) is 7.17. The number of hydrogen-bond acceptors (Lipinski definition) is 1. The van der Waals surface area contributed by atoms with Gasteiger partial charge in [0.15, 0.2) is 0 Å². The summed E-state index contributed by atoms with van der Waals surface area (Å²) >= 11 is 6.12. The predicted octanol–water partition coefficient (Wildman–Crippen LogP) is 4.05. The summed E-state index contributed by atoms with van der Waals surface area (Å²) in [5, 5.41) is 3.84. The summed E-state index contributed by atoms with van der Waals surface area (Å²) in [5.41, 5.74) is 1.07. The quantitative estimate of drug-likeness (QED) is 0.850. The topological polar surface area (TPSA) is 12.0 Å². The van der Waals surface area contributed by atoms with E-state index in [-0.39, 0.29) is 5.82 Å². The molecule has 0 radical (unpaired) electrons. The maximum Gasteiger partial charge on any atom is 0.124 e. The Morgan fingerprint density at radius 3 is 2.72 bits per heavy atom. The van der Waals surface area contributed by atoms with Gasteiger partial charge in [-0.05, 0) is 49.5 Å². The Balaban J connectivity index is 2.07. The van der Waals surface area contributed by atoms with Crippen LogP contribution in [0.2, 0.25) is 5.02 Å². The second kappa shape index (κ2) is 6.53. The van der Waals surface area contributed by atoms with Crippen molar-refractivity contribution in [3.63, 3.8) is 0 Å². The van der Waals surface area contributed by atoms with Crippen molar-refractivity contribution in [2.45, 2.75) is 32.1 Å². The highest BCUT2D eigenvalue weighted by atomic mass is 35.5. The number of nitrogens with one attached hydrogen (secondary N) is 1. The lowest BCUT2D eigenvalue weighted by atomic mass is 9.85. The predicted molar refractivity (Wildman–Crippen MR) is 74.5 cm³/mol. The molecule has 3 heteroatoms. The van der Waals surface area contributed by atoms with E-state index in [0.29, 0.717) is 10.9 Å². The van der Waals surface area contributed by atoms with Crippen molar-refractivity contribution in [2.24, 2.45) is 11.8 Å². The van der Waals surface area contributed by atoms with Crippen LogP contribution in [0.15, 0.2) is 18.2 Å². The largest absolute Gasteiger partial charge is 0.319 e. The molecule has 18 heavy (non-hydrogen) atoms. The first-order chi connectivity index (χ1) is 8.70. The maximum absolute atomic E-state index is 13.0. The SMILES string of the molecule is CNCC(Cc1ccc(F)cc1Cl)C1CCCC1. The van der Waals surface area contributed by atoms with Gasteiger partial charge in [-0.3, -0.25) is 0 Å². The molecule has 0 heterocycles. The van der Waals surface area contributed by atoms with Gasteiger partial charge < -0.3 is 5.32 Å². The molecule has 0 saturated heterocycles. The first-order valence-electron chi connectivity index (χ1n) is 6.79. The fraction of sp³-hybridized carbons (Fsp3) is 0.600. The monoisotopic (exact) mass is 269 g/mol. The molecule has 0 aromatic heterocycles. The van der Waals surface area contributed by atoms with E-state index in [1.165, 1.54) is 37.8 Å². The number of benzene rings is 1. The zero-order valence-corrected chi connectivity index (χ0v) is 11.6. The van der Waals surface area contributed by atoms with E-state index >= 15 is 0 Å². The Kier molecular flexibility index (Phi) is 5.02. The Bertz CT molecular complexity index is 388. The lowest BCUT2D eigenvalue weighted by molar-refractivity contribution is 0.328. The first kappa shape index (κ1) is 13.8. The molecule has 1 saturated carbocycles. The van der Waals surface area contributed by atoms with Crippen LogP contribution in [-0.2, 0) is 6.42 Å². The van der Waals surface area contributed by atoms with Crippen molar-refractivity contribution < 1.29 is 4.39 Å². The van der Waals surface area contributed by atoms with Gasteiger partial charge in [0.25, 0.3) is 0 Å². The van der Waals surface area contributed by atoms with Crippen LogP contribution in [0, 0.1) is 17.7 Å². The Morgan fingerprint density at radius 2 is 2.11 bits per heavy atom. The molecule has 1 nitrogen and oxygen atoms in total. The maximum atomic E-state index is 13.0. The smallest absolute Gasteiger partial charge is 0.124 e. The zero-order chi connectivity index (χ0) is 13.0. The van der Waals surface area contributed by atoms with Gasteiger partial charge in [-0.1, -0.05) is 43.4 Å². The van der Waals surface area contributed by atoms with E-state index in [4.69, 9.17) is 11.6 Å². The molecule has 1 unspecified atom stereocenters. The minimum absolute atomic E-state index is 0.255. The van der Waals surface area contributed by atoms with Gasteiger partial charge in [0.05, 0.1) is 0 Å². The lowest BCUT2D eigenvalue weighted by Gasteiger charge is -2.23. The second-order valence-electron chi connectivity index (χ2n) is 5.30. The molecular formula is C15H21ClFN. The van der Waals surface area contributed by atoms with Crippen molar-refractivity contribution in [2.75, 3.05) is 13.6 Å². The lowest BCUT2D eigenvalue weighted by Crippen LogP contribution is -2.26. The number of hydrogen-bond donors (Lipinski definition) is 1. The third kappa shape index (κ3) is 3.46. The highest BCUT2D eigenvalue weighted by Crippen LogP contribution is 2.34. The van der Waals surface area contributed by atoms with E-state index in [1.807, 2.05) is 13.1 Å². The fourth-order valence-corrected chi connectivity index (χ4v) is 3.31. The van der Waals surface area contributed by atoms with Crippen LogP contribution in [0.4, 0.5) is 4.39 Å². The normalized spacial score (nSPS) is 18.2. The van der Waals surface area contributed by atoms with Gasteiger partial charge in [-0.25, -0.2) is 4.39 Å². The Labute approximate surface area is 114 Å². The van der Waals surface area contributed by atoms with E-state index < -0.39 is 0 Å². The van der Waals surface area contributed by atoms with E-state index in [9.17, 15) is 4.39 Å². The minimum Gasteiger partial charge on any atom is -0.319 e. The van der Waals surface area contributed by atoms with Crippen LogP contribution in [-0.4, -0.2) is 13.6 Å². The molecule has 2 rings (SSSR count). The summed E-state index contributed by atoms with van der Waals surface area (Å²) in [6, 6.07) is 4.75. The Morgan fingerprint density at radius 1 is 1.39 bits per heavy atom. The summed E-state index contributed by atoms with van der Waals surface area (Å²) in [5.74, 6) is 1.15. The summed E-state index contributed by atoms with van der Waals surface area (Å²) in [7, 11) is 1.99. The van der Waals surface area contributed by atoms with Crippen LogP contribution >= 0.6 is 11.6 Å². The molecule has 0 amide bonds. The summed E-state index contributed by atoms with van der Waals surface area (Å²) in [6.45, 7) is 1.01. The van der Waals surface area contributed by atoms with Gasteiger partial charge in [-0.2, -0.15) is 0 Å². The van der Waals surface area contributed by atoms with Crippen molar-refractivity contribution in [3.8, 4) is 0 Å². The highest BCUT2D eigenvalue weighted by Gasteiger charge is 2.25. The van der Waals surface area contributed by atoms with Gasteiger partial charge in [0.2, 0.25) is 0 Å². The van der Waals surface area contributed by atoms with Crippen LogP contribution in [0.5, 0.6) is 0 Å².